The first-order chi connectivity index (χ1) is 11.9. The molecule has 130 valence electrons. The largest absolute Gasteiger partial charge is 0.507 e. The quantitative estimate of drug-likeness (QED) is 0.475. The van der Waals surface area contributed by atoms with Gasteiger partial charge in [0, 0.05) is 17.7 Å². The molecule has 2 aromatic rings. The summed E-state index contributed by atoms with van der Waals surface area (Å²) >= 11 is 0. The summed E-state index contributed by atoms with van der Waals surface area (Å²) in [5.41, 5.74) is 4.16. The second-order valence-corrected chi connectivity index (χ2v) is 5.28. The molecule has 0 aromatic heterocycles. The first kappa shape index (κ1) is 17.9. The number of ether oxygens (including phenoxy) is 1. The summed E-state index contributed by atoms with van der Waals surface area (Å²) in [6.45, 7) is 3.60. The molecule has 0 aliphatic rings. The van der Waals surface area contributed by atoms with Crippen molar-refractivity contribution in [1.82, 2.24) is 5.43 Å². The first-order valence-corrected chi connectivity index (χ1v) is 7.37. The molecule has 0 aliphatic heterocycles. The smallest absolute Gasteiger partial charge is 0.277 e. The van der Waals surface area contributed by atoms with Gasteiger partial charge in [0.25, 0.3) is 11.6 Å². The molecule has 0 bridgehead atoms. The van der Waals surface area contributed by atoms with Crippen molar-refractivity contribution in [3.8, 4) is 11.5 Å². The number of carbonyl (C=O) groups is 1. The maximum atomic E-state index is 11.7. The summed E-state index contributed by atoms with van der Waals surface area (Å²) < 4.78 is 5.43. The molecule has 0 heterocycles. The van der Waals surface area contributed by atoms with Crippen LogP contribution in [0.25, 0.3) is 0 Å². The Morgan fingerprint density at radius 2 is 2.12 bits per heavy atom. The number of benzene rings is 2. The van der Waals surface area contributed by atoms with Crippen molar-refractivity contribution in [2.24, 2.45) is 5.10 Å². The van der Waals surface area contributed by atoms with E-state index in [1.807, 2.05) is 26.0 Å². The van der Waals surface area contributed by atoms with Gasteiger partial charge in [-0.2, -0.15) is 5.10 Å². The molecule has 0 radical (unpaired) electrons. The number of phenols is 1. The van der Waals surface area contributed by atoms with Gasteiger partial charge in [-0.05, 0) is 37.1 Å². The Labute approximate surface area is 143 Å². The van der Waals surface area contributed by atoms with E-state index in [4.69, 9.17) is 4.74 Å². The van der Waals surface area contributed by atoms with E-state index in [2.05, 4.69) is 10.5 Å². The monoisotopic (exact) mass is 343 g/mol. The Morgan fingerprint density at radius 1 is 1.36 bits per heavy atom. The number of hydrogen-bond donors (Lipinski definition) is 2. The number of aromatic hydroxyl groups is 1. The molecule has 0 saturated heterocycles. The minimum absolute atomic E-state index is 0.116. The van der Waals surface area contributed by atoms with Crippen LogP contribution in [0, 0.1) is 24.0 Å². The number of amides is 1. The second-order valence-electron chi connectivity index (χ2n) is 5.28. The van der Waals surface area contributed by atoms with Crippen LogP contribution in [0.1, 0.15) is 16.7 Å². The highest BCUT2D eigenvalue weighted by Gasteiger charge is 2.09. The first-order valence-electron chi connectivity index (χ1n) is 7.37. The van der Waals surface area contributed by atoms with Gasteiger partial charge in [-0.15, -0.1) is 0 Å². The molecule has 0 fully saturated rings. The normalized spacial score (nSPS) is 10.6. The Morgan fingerprint density at radius 3 is 2.84 bits per heavy atom. The maximum absolute atomic E-state index is 11.7. The minimum Gasteiger partial charge on any atom is -0.507 e. The highest BCUT2D eigenvalue weighted by atomic mass is 16.6. The van der Waals surface area contributed by atoms with Crippen molar-refractivity contribution in [1.29, 1.82) is 0 Å². The van der Waals surface area contributed by atoms with Crippen molar-refractivity contribution < 1.29 is 19.6 Å². The fourth-order valence-corrected chi connectivity index (χ4v) is 1.99. The Bertz CT molecular complexity index is 833. The number of nitrogens with one attached hydrogen (secondary N) is 1. The number of rotatable bonds is 6. The lowest BCUT2D eigenvalue weighted by Gasteiger charge is -2.09. The average molecular weight is 343 g/mol. The predicted molar refractivity (Wildman–Crippen MR) is 91.9 cm³/mol. The zero-order valence-corrected chi connectivity index (χ0v) is 13.7. The van der Waals surface area contributed by atoms with Gasteiger partial charge in [0.15, 0.2) is 6.61 Å². The number of phenolic OH excluding ortho intramolecular Hbond substituents is 1. The number of aryl methyl sites for hydroxylation is 1. The molecule has 0 spiro atoms. The number of non-ortho nitro benzene ring substituents is 1. The van der Waals surface area contributed by atoms with Gasteiger partial charge in [0.1, 0.15) is 11.5 Å². The maximum Gasteiger partial charge on any atom is 0.277 e. The van der Waals surface area contributed by atoms with Crippen LogP contribution in [0.15, 0.2) is 41.5 Å². The van der Waals surface area contributed by atoms with Crippen LogP contribution < -0.4 is 10.2 Å². The predicted octanol–water partition coefficient (Wildman–Crippen LogP) is 2.45. The minimum atomic E-state index is -0.590. The molecular weight excluding hydrogens is 326 g/mol. The summed E-state index contributed by atoms with van der Waals surface area (Å²) in [6, 6.07) is 9.04. The summed E-state index contributed by atoms with van der Waals surface area (Å²) in [4.78, 5) is 21.9. The second kappa shape index (κ2) is 7.91. The summed E-state index contributed by atoms with van der Waals surface area (Å²) in [7, 11) is 0. The van der Waals surface area contributed by atoms with Crippen molar-refractivity contribution in [2.75, 3.05) is 6.61 Å². The molecule has 8 heteroatoms. The highest BCUT2D eigenvalue weighted by Crippen LogP contribution is 2.21. The summed E-state index contributed by atoms with van der Waals surface area (Å²) in [6.07, 6.45) is 1.12. The number of nitro benzene ring substituents is 1. The topological polar surface area (TPSA) is 114 Å². The molecule has 0 aliphatic carbocycles. The molecule has 0 atom stereocenters. The van der Waals surface area contributed by atoms with Crippen LogP contribution in [0.4, 0.5) is 5.69 Å². The van der Waals surface area contributed by atoms with Crippen LogP contribution in [0.2, 0.25) is 0 Å². The molecule has 8 nitrogen and oxygen atoms in total. The van der Waals surface area contributed by atoms with E-state index in [9.17, 15) is 20.0 Å². The van der Waals surface area contributed by atoms with Gasteiger partial charge in [-0.3, -0.25) is 14.9 Å². The Kier molecular flexibility index (Phi) is 5.67. The van der Waals surface area contributed by atoms with Gasteiger partial charge >= 0.3 is 0 Å². The third kappa shape index (κ3) is 4.77. The van der Waals surface area contributed by atoms with E-state index >= 15 is 0 Å². The van der Waals surface area contributed by atoms with Crippen molar-refractivity contribution in [2.45, 2.75) is 13.8 Å². The molecule has 25 heavy (non-hydrogen) atoms. The van der Waals surface area contributed by atoms with Crippen LogP contribution >= 0.6 is 0 Å². The lowest BCUT2D eigenvalue weighted by Crippen LogP contribution is -2.24. The number of nitrogens with zero attached hydrogens (tertiary/aromatic N) is 2. The zero-order chi connectivity index (χ0) is 18.4. The van der Waals surface area contributed by atoms with Crippen LogP contribution in [0.5, 0.6) is 11.5 Å². The summed E-state index contributed by atoms with van der Waals surface area (Å²) in [5, 5.41) is 24.0. The van der Waals surface area contributed by atoms with Crippen LogP contribution in [0.3, 0.4) is 0 Å². The third-order valence-electron chi connectivity index (χ3n) is 3.53. The molecule has 1 amide bonds. The van der Waals surface area contributed by atoms with E-state index < -0.39 is 10.8 Å². The van der Waals surface area contributed by atoms with Gasteiger partial charge in [0.2, 0.25) is 0 Å². The lowest BCUT2D eigenvalue weighted by atomic mass is 10.1. The molecular formula is C17H17N3O5. The van der Waals surface area contributed by atoms with Crippen molar-refractivity contribution >= 4 is 17.8 Å². The fourth-order valence-electron chi connectivity index (χ4n) is 1.99. The molecule has 0 saturated carbocycles. The third-order valence-corrected chi connectivity index (χ3v) is 3.53. The number of hydrazone groups is 1. The van der Waals surface area contributed by atoms with Gasteiger partial charge in [0.05, 0.1) is 11.1 Å². The number of nitro groups is 1. The zero-order valence-electron chi connectivity index (χ0n) is 13.7. The standard InChI is InChI=1S/C17H17N3O5/c1-11-4-3-5-16(12(11)2)25-10-17(22)19-18-9-13-8-14(20(23)24)6-7-15(13)21/h3-9,21H,10H2,1-2H3,(H,19,22)/b18-9-. The fraction of sp³-hybridized carbons (Fsp3) is 0.176. The SMILES string of the molecule is Cc1cccc(OCC(=O)N/N=C\c2cc([N+](=O)[O-])ccc2O)c1C. The highest BCUT2D eigenvalue weighted by molar-refractivity contribution is 5.86. The van der Waals surface area contributed by atoms with Crippen molar-refractivity contribution in [3.05, 3.63) is 63.2 Å². The van der Waals surface area contributed by atoms with Crippen molar-refractivity contribution in [3.63, 3.8) is 0 Å². The summed E-state index contributed by atoms with van der Waals surface area (Å²) in [5.74, 6) is -0.0761. The average Bonchev–Trinajstić information content (AvgIpc) is 2.57. The molecule has 2 rings (SSSR count). The van der Waals surface area contributed by atoms with Crippen LogP contribution in [-0.2, 0) is 4.79 Å². The molecule has 2 N–H and O–H groups in total. The molecule has 0 unspecified atom stereocenters. The van der Waals surface area contributed by atoms with Gasteiger partial charge in [-0.25, -0.2) is 5.43 Å². The van der Waals surface area contributed by atoms with E-state index in [1.165, 1.54) is 12.1 Å². The molecule has 2 aromatic carbocycles. The lowest BCUT2D eigenvalue weighted by molar-refractivity contribution is -0.384. The Hall–Kier alpha value is -3.42. The van der Waals surface area contributed by atoms with E-state index in [0.29, 0.717) is 5.75 Å². The van der Waals surface area contributed by atoms with Crippen LogP contribution in [-0.4, -0.2) is 28.8 Å². The van der Waals surface area contributed by atoms with E-state index in [1.54, 1.807) is 6.07 Å². The van der Waals surface area contributed by atoms with Gasteiger partial charge < -0.3 is 9.84 Å². The van der Waals surface area contributed by atoms with Gasteiger partial charge in [-0.1, -0.05) is 12.1 Å². The Balaban J connectivity index is 1.93. The van der Waals surface area contributed by atoms with E-state index in [-0.39, 0.29) is 23.6 Å². The van der Waals surface area contributed by atoms with E-state index in [0.717, 1.165) is 23.4 Å². The number of hydrogen-bond acceptors (Lipinski definition) is 6. The number of carbonyl (C=O) groups excluding carboxylic acids is 1.